The number of alkyl halides is 1. The quantitative estimate of drug-likeness (QED) is 0.581. The first-order chi connectivity index (χ1) is 15.4. The number of halogens is 1. The number of carbonyl (C=O) groups excluding carboxylic acids is 1. The average molecular weight is 476 g/mol. The van der Waals surface area contributed by atoms with Crippen LogP contribution in [-0.2, 0) is 16.5 Å². The summed E-state index contributed by atoms with van der Waals surface area (Å²) in [6.45, 7) is 5.39. The average Bonchev–Trinajstić information content (AvgIpc) is 3.56. The molecule has 2 aliphatic heterocycles. The van der Waals surface area contributed by atoms with Gasteiger partial charge in [0.25, 0.3) is 10.1 Å². The number of nitrogens with one attached hydrogen (secondary N) is 1. The largest absolute Gasteiger partial charge is 0.377 e. The van der Waals surface area contributed by atoms with Gasteiger partial charge in [-0.3, -0.25) is 9.35 Å². The first kappa shape index (κ1) is 23.5. The van der Waals surface area contributed by atoms with Crippen molar-refractivity contribution >= 4 is 27.4 Å². The first-order valence-electron chi connectivity index (χ1n) is 11.1. The van der Waals surface area contributed by atoms with Gasteiger partial charge in [-0.15, -0.1) is 0 Å². The van der Waals surface area contributed by atoms with Gasteiger partial charge in [-0.05, 0) is 66.1 Å². The van der Waals surface area contributed by atoms with Gasteiger partial charge in [0.15, 0.2) is 0 Å². The number of amides is 1. The van der Waals surface area contributed by atoms with Crippen molar-refractivity contribution in [2.24, 2.45) is 11.1 Å². The molecule has 4 N–H and O–H groups in total. The van der Waals surface area contributed by atoms with E-state index in [1.807, 2.05) is 24.3 Å². The standard InChI is InChI=1S/C21H24FN3O.C3H6O3S/c1-21(2)10-15-8-14(20(23)26)6-7-18(15)24-19(21)13-4-3-5-17(9-13)25-11-16(22)12-25;4-7(5,6)3-1-2-3/h3-9,16,19,24H,10-12H2,1-2H3,(H2,23,26);3H,1-2H2,(H,4,5,6). The maximum Gasteiger partial charge on any atom is 0.267 e. The van der Waals surface area contributed by atoms with Crippen LogP contribution in [0.2, 0.25) is 0 Å². The van der Waals surface area contributed by atoms with Crippen LogP contribution in [-0.4, -0.2) is 43.4 Å². The van der Waals surface area contributed by atoms with Crippen molar-refractivity contribution in [3.8, 4) is 0 Å². The van der Waals surface area contributed by atoms with Gasteiger partial charge in [0.05, 0.1) is 24.4 Å². The van der Waals surface area contributed by atoms with Gasteiger partial charge in [-0.1, -0.05) is 26.0 Å². The van der Waals surface area contributed by atoms with E-state index >= 15 is 0 Å². The molecule has 0 aromatic heterocycles. The number of primary amides is 1. The maximum absolute atomic E-state index is 13.2. The van der Waals surface area contributed by atoms with E-state index in [1.165, 1.54) is 5.56 Å². The summed E-state index contributed by atoms with van der Waals surface area (Å²) in [4.78, 5) is 13.5. The molecular weight excluding hydrogens is 445 g/mol. The second-order valence-corrected chi connectivity index (χ2v) is 11.5. The fourth-order valence-corrected chi connectivity index (χ4v) is 5.15. The number of nitrogens with zero attached hydrogens (tertiary/aromatic N) is 1. The highest BCUT2D eigenvalue weighted by Gasteiger charge is 2.37. The Morgan fingerprint density at radius 2 is 1.88 bits per heavy atom. The van der Waals surface area contributed by atoms with Crippen LogP contribution >= 0.6 is 0 Å². The molecule has 33 heavy (non-hydrogen) atoms. The molecule has 1 saturated carbocycles. The van der Waals surface area contributed by atoms with E-state index in [9.17, 15) is 17.6 Å². The zero-order valence-electron chi connectivity index (χ0n) is 18.8. The van der Waals surface area contributed by atoms with Crippen LogP contribution < -0.4 is 16.0 Å². The number of hydrogen-bond acceptors (Lipinski definition) is 5. The highest BCUT2D eigenvalue weighted by atomic mass is 32.2. The van der Waals surface area contributed by atoms with Gasteiger partial charge < -0.3 is 16.0 Å². The normalized spacial score (nSPS) is 21.7. The lowest BCUT2D eigenvalue weighted by atomic mass is 9.72. The summed E-state index contributed by atoms with van der Waals surface area (Å²) in [7, 11) is -3.63. The first-order valence-corrected chi connectivity index (χ1v) is 12.6. The van der Waals surface area contributed by atoms with Crippen molar-refractivity contribution < 1.29 is 22.2 Å². The number of benzene rings is 2. The molecule has 1 atom stereocenters. The van der Waals surface area contributed by atoms with Gasteiger partial charge in [0, 0.05) is 16.9 Å². The summed E-state index contributed by atoms with van der Waals surface area (Å²) < 4.78 is 41.2. The summed E-state index contributed by atoms with van der Waals surface area (Å²) in [5.41, 5.74) is 10.3. The fourth-order valence-electron chi connectivity index (χ4n) is 4.41. The lowest BCUT2D eigenvalue weighted by molar-refractivity contribution is 0.1000. The number of anilines is 2. The number of hydrogen-bond donors (Lipinski definition) is 3. The molecule has 2 heterocycles. The van der Waals surface area contributed by atoms with Crippen LogP contribution in [0.15, 0.2) is 42.5 Å². The monoisotopic (exact) mass is 475 g/mol. The SMILES string of the molecule is CC1(C)Cc2cc(C(N)=O)ccc2NC1c1cccc(N2CC(F)C2)c1.O=S(=O)(O)C1CC1. The predicted molar refractivity (Wildman–Crippen MR) is 127 cm³/mol. The third-order valence-corrected chi connectivity index (χ3v) is 7.78. The van der Waals surface area contributed by atoms with Crippen LogP contribution in [0.3, 0.4) is 0 Å². The van der Waals surface area contributed by atoms with E-state index in [4.69, 9.17) is 10.3 Å². The smallest absolute Gasteiger partial charge is 0.267 e. The second-order valence-electron chi connectivity index (χ2n) is 9.79. The van der Waals surface area contributed by atoms with Crippen molar-refractivity contribution in [3.63, 3.8) is 0 Å². The molecule has 0 bridgehead atoms. The van der Waals surface area contributed by atoms with Crippen LogP contribution in [0.4, 0.5) is 15.8 Å². The van der Waals surface area contributed by atoms with E-state index in [0.717, 1.165) is 23.4 Å². The molecule has 1 saturated heterocycles. The van der Waals surface area contributed by atoms with Crippen molar-refractivity contribution in [1.82, 2.24) is 0 Å². The van der Waals surface area contributed by atoms with E-state index in [0.29, 0.717) is 31.5 Å². The van der Waals surface area contributed by atoms with Crippen LogP contribution in [0.1, 0.15) is 54.2 Å². The summed E-state index contributed by atoms with van der Waals surface area (Å²) in [5.74, 6) is -0.402. The Labute approximate surface area is 193 Å². The van der Waals surface area contributed by atoms with E-state index in [2.05, 4.69) is 36.2 Å². The molecule has 5 rings (SSSR count). The number of fused-ring (bicyclic) bond motifs is 1. The molecule has 3 aliphatic rings. The Hall–Kier alpha value is -2.65. The molecule has 9 heteroatoms. The van der Waals surface area contributed by atoms with E-state index < -0.39 is 27.4 Å². The Kier molecular flexibility index (Phi) is 6.13. The van der Waals surface area contributed by atoms with Gasteiger partial charge in [0.2, 0.25) is 5.91 Å². The van der Waals surface area contributed by atoms with Gasteiger partial charge in [-0.25, -0.2) is 4.39 Å². The molecule has 1 amide bonds. The molecule has 1 unspecified atom stereocenters. The maximum atomic E-state index is 13.2. The molecular formula is C24H30FN3O4S. The topological polar surface area (TPSA) is 113 Å². The summed E-state index contributed by atoms with van der Waals surface area (Å²) in [6, 6.07) is 14.1. The van der Waals surface area contributed by atoms with Gasteiger partial charge in [-0.2, -0.15) is 8.42 Å². The van der Waals surface area contributed by atoms with Crippen LogP contribution in [0.25, 0.3) is 0 Å². The third-order valence-electron chi connectivity index (χ3n) is 6.47. The highest BCUT2D eigenvalue weighted by Crippen LogP contribution is 2.45. The van der Waals surface area contributed by atoms with Crippen molar-refractivity contribution in [3.05, 3.63) is 59.2 Å². The Bertz CT molecular complexity index is 1160. The predicted octanol–water partition coefficient (Wildman–Crippen LogP) is 3.72. The number of carbonyl (C=O) groups is 1. The number of rotatable bonds is 4. The lowest BCUT2D eigenvalue weighted by Gasteiger charge is -2.42. The van der Waals surface area contributed by atoms with E-state index in [-0.39, 0.29) is 11.5 Å². The van der Waals surface area contributed by atoms with Gasteiger partial charge in [0.1, 0.15) is 6.17 Å². The Morgan fingerprint density at radius 1 is 1.18 bits per heavy atom. The molecule has 7 nitrogen and oxygen atoms in total. The molecule has 0 radical (unpaired) electrons. The van der Waals surface area contributed by atoms with Crippen molar-refractivity contribution in [2.45, 2.75) is 50.6 Å². The van der Waals surface area contributed by atoms with Crippen molar-refractivity contribution in [1.29, 1.82) is 0 Å². The highest BCUT2D eigenvalue weighted by molar-refractivity contribution is 7.86. The zero-order chi connectivity index (χ0) is 24.0. The molecule has 2 fully saturated rings. The summed E-state index contributed by atoms with van der Waals surface area (Å²) >= 11 is 0. The van der Waals surface area contributed by atoms with Crippen LogP contribution in [0, 0.1) is 5.41 Å². The summed E-state index contributed by atoms with van der Waals surface area (Å²) in [6.07, 6.45) is 1.41. The minimum atomic E-state index is -3.63. The molecule has 2 aromatic rings. The molecule has 178 valence electrons. The van der Waals surface area contributed by atoms with Crippen LogP contribution in [0.5, 0.6) is 0 Å². The zero-order valence-corrected chi connectivity index (χ0v) is 19.6. The lowest BCUT2D eigenvalue weighted by Crippen LogP contribution is -2.48. The minimum absolute atomic E-state index is 0.0422. The van der Waals surface area contributed by atoms with E-state index in [1.54, 1.807) is 6.07 Å². The Balaban J connectivity index is 0.000000318. The second kappa shape index (κ2) is 8.61. The fraction of sp³-hybridized carbons (Fsp3) is 0.458. The number of nitrogens with two attached hydrogens (primary N) is 1. The molecule has 1 aliphatic carbocycles. The van der Waals surface area contributed by atoms with Crippen molar-refractivity contribution in [2.75, 3.05) is 23.3 Å². The summed E-state index contributed by atoms with van der Waals surface area (Å²) in [5, 5.41) is 3.21. The molecule has 2 aromatic carbocycles. The minimum Gasteiger partial charge on any atom is -0.377 e. The third kappa shape index (κ3) is 5.30. The molecule has 0 spiro atoms. The Morgan fingerprint density at radius 3 is 2.42 bits per heavy atom. The van der Waals surface area contributed by atoms with Gasteiger partial charge >= 0.3 is 0 Å².